The normalized spacial score (nSPS) is 49.2. The van der Waals surface area contributed by atoms with Gasteiger partial charge in [-0.05, 0) is 75.7 Å². The van der Waals surface area contributed by atoms with Crippen LogP contribution in [0.25, 0.3) is 0 Å². The minimum absolute atomic E-state index is 0.0242. The first-order valence-corrected chi connectivity index (χ1v) is 24.0. The van der Waals surface area contributed by atoms with E-state index in [1.165, 1.54) is 19.3 Å². The molecule has 0 radical (unpaired) electrons. The number of carbonyl (C=O) groups is 1. The fourth-order valence-corrected chi connectivity index (χ4v) is 11.7. The Bertz CT molecular complexity index is 1790. The third kappa shape index (κ3) is 9.82. The summed E-state index contributed by atoms with van der Waals surface area (Å²) < 4.78 is 64.1. The summed E-state index contributed by atoms with van der Waals surface area (Å²) in [7, 11) is 3.23. The van der Waals surface area contributed by atoms with Crippen molar-refractivity contribution in [2.45, 2.75) is 203 Å². The van der Waals surface area contributed by atoms with Crippen molar-refractivity contribution in [2.75, 3.05) is 20.8 Å². The molecule has 0 aromatic rings. The van der Waals surface area contributed by atoms with Crippen LogP contribution in [0.2, 0.25) is 0 Å². The Morgan fingerprint density at radius 2 is 1.53 bits per heavy atom. The van der Waals surface area contributed by atoms with Gasteiger partial charge in [-0.3, -0.25) is 4.79 Å². The Morgan fingerprint density at radius 3 is 2.28 bits per heavy atom. The maximum Gasteiger partial charge on any atom is 0.316 e. The number of ether oxygens (including phenoxy) is 10. The highest BCUT2D eigenvalue weighted by Gasteiger charge is 2.60. The van der Waals surface area contributed by atoms with Crippen molar-refractivity contribution >= 4 is 5.97 Å². The second kappa shape index (κ2) is 20.1. The lowest BCUT2D eigenvalue weighted by Gasteiger charge is -2.49. The Labute approximate surface area is 379 Å². The van der Waals surface area contributed by atoms with E-state index in [1.54, 1.807) is 40.2 Å². The van der Waals surface area contributed by atoms with E-state index in [4.69, 9.17) is 47.4 Å². The molecule has 8 rings (SSSR count). The van der Waals surface area contributed by atoms with Gasteiger partial charge < -0.3 is 62.7 Å². The van der Waals surface area contributed by atoms with E-state index in [0.717, 1.165) is 18.4 Å². The van der Waals surface area contributed by atoms with Crippen molar-refractivity contribution in [3.05, 3.63) is 59.3 Å². The second-order valence-electron chi connectivity index (χ2n) is 20.0. The van der Waals surface area contributed by atoms with Gasteiger partial charge in [-0.25, -0.2) is 0 Å². The molecule has 1 saturated carbocycles. The molecule has 19 atom stereocenters. The molecule has 0 unspecified atom stereocenters. The van der Waals surface area contributed by atoms with Gasteiger partial charge in [-0.2, -0.15) is 0 Å². The number of carbonyl (C=O) groups excluding carboxylic acids is 1. The van der Waals surface area contributed by atoms with E-state index in [-0.39, 0.29) is 36.8 Å². The van der Waals surface area contributed by atoms with E-state index in [1.807, 2.05) is 25.2 Å². The SMILES string of the molecule is CO[C@H]1C[C@@H](O[C@@H]2/C(C)=C/C[C@H]3C[C@@H](C[C@]4(C=C[C@H](C)[C@H](C5CCCCC5)O4)O3)OC(=O)[C@@H]3C=C(C)[C@H](O)[C@@H]4OC/C(=C\C=C\[C@@H]2C)[C@]34O)O[C@@H](C)[C@H]1O[C@H]1C[C@@H](OC)[C@@H](O)[C@H](C)O1. The van der Waals surface area contributed by atoms with Gasteiger partial charge in [-0.15, -0.1) is 0 Å². The summed E-state index contributed by atoms with van der Waals surface area (Å²) in [6.07, 6.45) is 13.8. The number of esters is 1. The van der Waals surface area contributed by atoms with E-state index in [2.05, 4.69) is 32.9 Å². The molecule has 0 aromatic heterocycles. The summed E-state index contributed by atoms with van der Waals surface area (Å²) in [4.78, 5) is 14.4. The zero-order valence-corrected chi connectivity index (χ0v) is 39.0. The fraction of sp³-hybridized carbons (Fsp3) is 0.780. The maximum atomic E-state index is 14.4. The van der Waals surface area contributed by atoms with Gasteiger partial charge in [0, 0.05) is 51.7 Å². The fourth-order valence-electron chi connectivity index (χ4n) is 11.7. The van der Waals surface area contributed by atoms with Crippen LogP contribution in [-0.4, -0.2) is 139 Å². The molecule has 8 aliphatic rings. The van der Waals surface area contributed by atoms with E-state index in [9.17, 15) is 20.1 Å². The van der Waals surface area contributed by atoms with Crippen molar-refractivity contribution in [3.8, 4) is 0 Å². The van der Waals surface area contributed by atoms with Crippen LogP contribution in [0.4, 0.5) is 0 Å². The van der Waals surface area contributed by atoms with Gasteiger partial charge in [-0.1, -0.05) is 69.6 Å². The predicted octanol–water partition coefficient (Wildman–Crippen LogP) is 5.91. The molecule has 358 valence electrons. The first-order chi connectivity index (χ1) is 30.6. The summed E-state index contributed by atoms with van der Waals surface area (Å²) in [6, 6.07) is 0. The Hall–Kier alpha value is -2.31. The van der Waals surface area contributed by atoms with Crippen LogP contribution in [0, 0.1) is 23.7 Å². The van der Waals surface area contributed by atoms with E-state index < -0.39 is 90.8 Å². The highest BCUT2D eigenvalue weighted by molar-refractivity contribution is 5.78. The molecule has 0 amide bonds. The first-order valence-electron chi connectivity index (χ1n) is 24.0. The second-order valence-corrected chi connectivity index (χ2v) is 20.0. The van der Waals surface area contributed by atoms with Gasteiger partial charge in [0.15, 0.2) is 18.4 Å². The monoisotopic (exact) mass is 899 g/mol. The van der Waals surface area contributed by atoms with Crippen LogP contribution in [0.1, 0.15) is 106 Å². The topological polar surface area (TPSA) is 170 Å². The Balaban J connectivity index is 1.08. The Morgan fingerprint density at radius 1 is 0.812 bits per heavy atom. The van der Waals surface area contributed by atoms with Crippen LogP contribution in [-0.2, 0) is 52.2 Å². The lowest BCUT2D eigenvalue weighted by molar-refractivity contribution is -0.318. The summed E-state index contributed by atoms with van der Waals surface area (Å²) in [6.45, 7) is 11.9. The number of hydrogen-bond acceptors (Lipinski definition) is 14. The molecule has 6 heterocycles. The van der Waals surface area contributed by atoms with Crippen LogP contribution in [0.3, 0.4) is 0 Å². The third-order valence-electron chi connectivity index (χ3n) is 15.4. The average molecular weight is 899 g/mol. The highest BCUT2D eigenvalue weighted by atomic mass is 16.7. The molecule has 2 aliphatic carbocycles. The number of aliphatic hydroxyl groups excluding tert-OH is 2. The largest absolute Gasteiger partial charge is 0.462 e. The maximum absolute atomic E-state index is 14.4. The molecule has 14 heteroatoms. The lowest BCUT2D eigenvalue weighted by Crippen LogP contribution is -2.58. The lowest BCUT2D eigenvalue weighted by atomic mass is 9.71. The quantitative estimate of drug-likeness (QED) is 0.204. The highest BCUT2D eigenvalue weighted by Crippen LogP contribution is 2.48. The molecule has 3 N–H and O–H groups in total. The summed E-state index contributed by atoms with van der Waals surface area (Å²) in [5.74, 6) is -2.32. The average Bonchev–Trinajstić information content (AvgIpc) is 3.62. The van der Waals surface area contributed by atoms with Gasteiger partial charge in [0.25, 0.3) is 0 Å². The van der Waals surface area contributed by atoms with Crippen molar-refractivity contribution in [1.29, 1.82) is 0 Å². The standard InChI is InChI=1S/C50H74O14/c1-27-13-12-16-34-26-57-47-42(51)30(4)21-37(50(34,47)54)48(53)60-36-22-35(63-49(25-36)20-19-29(3)45(64-49)33-14-10-9-11-15-33)18-17-28(2)44(27)61-41-24-39(56-8)46(32(6)59-41)62-40-23-38(55-7)43(52)31(5)58-40/h12-13,16-17,19-21,27,29,31-33,35-47,51-52,54H,9-11,14-15,18,22-26H2,1-8H3/b13-12+,28-17+,34-16+/t27-,29-,31-,32-,35-,36-,37-,38+,39-,40-,41+,42-,43-,44-,45+,46+,47-,49+,50-/m0/s1. The van der Waals surface area contributed by atoms with Crippen LogP contribution < -0.4 is 0 Å². The molecule has 6 aliphatic heterocycles. The van der Waals surface area contributed by atoms with E-state index >= 15 is 0 Å². The predicted molar refractivity (Wildman–Crippen MR) is 234 cm³/mol. The van der Waals surface area contributed by atoms with Crippen molar-refractivity contribution < 1.29 is 67.5 Å². The van der Waals surface area contributed by atoms with Gasteiger partial charge in [0.2, 0.25) is 0 Å². The number of hydrogen-bond donors (Lipinski definition) is 3. The van der Waals surface area contributed by atoms with Crippen molar-refractivity contribution in [2.24, 2.45) is 23.7 Å². The summed E-state index contributed by atoms with van der Waals surface area (Å²) >= 11 is 0. The molecule has 4 saturated heterocycles. The molecule has 0 aromatic carbocycles. The number of rotatable bonds is 7. The first kappa shape index (κ1) is 48.2. The van der Waals surface area contributed by atoms with Crippen LogP contribution >= 0.6 is 0 Å². The van der Waals surface area contributed by atoms with Crippen LogP contribution in [0.5, 0.6) is 0 Å². The third-order valence-corrected chi connectivity index (χ3v) is 15.4. The van der Waals surface area contributed by atoms with Gasteiger partial charge in [0.1, 0.15) is 42.0 Å². The van der Waals surface area contributed by atoms with Crippen LogP contribution in [0.15, 0.2) is 59.3 Å². The number of aliphatic hydroxyl groups is 3. The molecule has 1 spiro atoms. The zero-order chi connectivity index (χ0) is 45.5. The summed E-state index contributed by atoms with van der Waals surface area (Å²) in [5.41, 5.74) is 0.166. The van der Waals surface area contributed by atoms with Crippen molar-refractivity contribution in [1.82, 2.24) is 0 Å². The van der Waals surface area contributed by atoms with Gasteiger partial charge >= 0.3 is 5.97 Å². The molecular formula is C50H74O14. The van der Waals surface area contributed by atoms with Crippen molar-refractivity contribution in [3.63, 3.8) is 0 Å². The number of fused-ring (bicyclic) bond motifs is 2. The molecule has 14 nitrogen and oxygen atoms in total. The molecule has 64 heavy (non-hydrogen) atoms. The molecule has 2 bridgehead atoms. The summed E-state index contributed by atoms with van der Waals surface area (Å²) in [5, 5.41) is 34.3. The smallest absolute Gasteiger partial charge is 0.316 e. The molecule has 5 fully saturated rings. The zero-order valence-electron chi connectivity index (χ0n) is 39.0. The van der Waals surface area contributed by atoms with E-state index in [0.29, 0.717) is 49.2 Å². The Kier molecular flexibility index (Phi) is 15.1. The molecular weight excluding hydrogens is 825 g/mol. The number of methoxy groups -OCH3 is 2. The van der Waals surface area contributed by atoms with Gasteiger partial charge in [0.05, 0.1) is 49.3 Å². The minimum Gasteiger partial charge on any atom is -0.462 e. The number of allylic oxidation sites excluding steroid dienone is 2. The minimum atomic E-state index is -1.83.